The normalized spacial score (nSPS) is 11.3. The Labute approximate surface area is 166 Å². The van der Waals surface area contributed by atoms with Crippen LogP contribution in [0.3, 0.4) is 0 Å². The largest absolute Gasteiger partial charge is 0.497 e. The quantitative estimate of drug-likeness (QED) is 0.508. The Morgan fingerprint density at radius 3 is 2.72 bits per heavy atom. The summed E-state index contributed by atoms with van der Waals surface area (Å²) in [4.78, 5) is 13.1. The van der Waals surface area contributed by atoms with Crippen molar-refractivity contribution in [3.8, 4) is 17.1 Å². The molecule has 0 saturated heterocycles. The molecule has 8 nitrogen and oxygen atoms in total. The molecule has 0 saturated carbocycles. The van der Waals surface area contributed by atoms with Crippen LogP contribution in [0.25, 0.3) is 23.2 Å². The van der Waals surface area contributed by atoms with Gasteiger partial charge in [0, 0.05) is 23.4 Å². The number of carbonyl (C=O) groups is 1. The monoisotopic (exact) mass is 387 g/mol. The van der Waals surface area contributed by atoms with E-state index in [0.29, 0.717) is 23.0 Å². The van der Waals surface area contributed by atoms with Crippen molar-refractivity contribution < 1.29 is 13.9 Å². The molecular weight excluding hydrogens is 370 g/mol. The van der Waals surface area contributed by atoms with Crippen molar-refractivity contribution in [1.29, 1.82) is 0 Å². The summed E-state index contributed by atoms with van der Waals surface area (Å²) in [5, 5.41) is 14.7. The molecule has 29 heavy (non-hydrogen) atoms. The molecule has 0 spiro atoms. The summed E-state index contributed by atoms with van der Waals surface area (Å²) in [6.45, 7) is 0. The summed E-state index contributed by atoms with van der Waals surface area (Å²) >= 11 is 0. The van der Waals surface area contributed by atoms with Crippen LogP contribution in [0.5, 0.6) is 5.75 Å². The van der Waals surface area contributed by atoms with Crippen molar-refractivity contribution in [2.45, 2.75) is 0 Å². The first-order valence-electron chi connectivity index (χ1n) is 8.79. The Morgan fingerprint density at radius 2 is 1.97 bits per heavy atom. The van der Waals surface area contributed by atoms with Crippen molar-refractivity contribution in [2.75, 3.05) is 12.4 Å². The van der Waals surface area contributed by atoms with Crippen LogP contribution in [0.1, 0.15) is 5.76 Å². The van der Waals surface area contributed by atoms with Crippen molar-refractivity contribution in [3.05, 3.63) is 78.8 Å². The van der Waals surface area contributed by atoms with Gasteiger partial charge in [0.05, 0.1) is 13.4 Å². The summed E-state index contributed by atoms with van der Waals surface area (Å²) in [6, 6.07) is 19.9. The Kier molecular flexibility index (Phi) is 5.15. The van der Waals surface area contributed by atoms with Gasteiger partial charge in [0.15, 0.2) is 5.82 Å². The SMILES string of the molecule is COc1cccc(NC(=O)/C(=C/c2ccco2)n2nnnc2-c2ccccc2)c1. The molecule has 0 radical (unpaired) electrons. The molecule has 4 aromatic rings. The first-order chi connectivity index (χ1) is 14.2. The average Bonchev–Trinajstić information content (AvgIpc) is 3.44. The molecule has 0 fully saturated rings. The zero-order chi connectivity index (χ0) is 20.1. The zero-order valence-electron chi connectivity index (χ0n) is 15.5. The molecule has 144 valence electrons. The lowest BCUT2D eigenvalue weighted by Gasteiger charge is -2.11. The van der Waals surface area contributed by atoms with E-state index in [1.807, 2.05) is 30.3 Å². The number of carbonyl (C=O) groups excluding carboxylic acids is 1. The Hall–Kier alpha value is -4.20. The van der Waals surface area contributed by atoms with Crippen LogP contribution in [0.4, 0.5) is 5.69 Å². The van der Waals surface area contributed by atoms with Gasteiger partial charge in [-0.05, 0) is 34.7 Å². The number of amides is 1. The minimum Gasteiger partial charge on any atom is -0.497 e. The lowest BCUT2D eigenvalue weighted by atomic mass is 10.2. The van der Waals surface area contributed by atoms with Crippen molar-refractivity contribution in [1.82, 2.24) is 20.2 Å². The molecule has 0 unspecified atom stereocenters. The van der Waals surface area contributed by atoms with Crippen LogP contribution < -0.4 is 10.1 Å². The third kappa shape index (κ3) is 4.06. The third-order valence-corrected chi connectivity index (χ3v) is 4.11. The first kappa shape index (κ1) is 18.2. The second-order valence-corrected chi connectivity index (χ2v) is 6.01. The summed E-state index contributed by atoms with van der Waals surface area (Å²) in [6.07, 6.45) is 3.11. The number of hydrogen-bond donors (Lipinski definition) is 1. The standard InChI is InChI=1S/C21H17N5O3/c1-28-17-10-5-9-16(13-17)22-21(27)19(14-18-11-6-12-29-18)26-20(23-24-25-26)15-7-3-2-4-8-15/h2-14H,1H3,(H,22,27)/b19-14-. The topological polar surface area (TPSA) is 95.1 Å². The number of aromatic nitrogens is 4. The lowest BCUT2D eigenvalue weighted by molar-refractivity contribution is -0.111. The van der Waals surface area contributed by atoms with Crippen LogP contribution in [0.2, 0.25) is 0 Å². The molecule has 2 aromatic carbocycles. The predicted molar refractivity (Wildman–Crippen MR) is 108 cm³/mol. The highest BCUT2D eigenvalue weighted by Crippen LogP contribution is 2.23. The minimum atomic E-state index is -0.404. The van der Waals surface area contributed by atoms with Gasteiger partial charge in [-0.25, -0.2) is 0 Å². The number of furan rings is 1. The van der Waals surface area contributed by atoms with E-state index in [4.69, 9.17) is 9.15 Å². The smallest absolute Gasteiger partial charge is 0.274 e. The molecule has 1 amide bonds. The van der Waals surface area contributed by atoms with E-state index in [0.717, 1.165) is 5.56 Å². The van der Waals surface area contributed by atoms with E-state index in [1.165, 1.54) is 10.9 Å². The maximum Gasteiger partial charge on any atom is 0.274 e. The average molecular weight is 387 g/mol. The molecule has 2 aromatic heterocycles. The van der Waals surface area contributed by atoms with Gasteiger partial charge in [-0.2, -0.15) is 4.68 Å². The van der Waals surface area contributed by atoms with E-state index in [-0.39, 0.29) is 5.70 Å². The summed E-state index contributed by atoms with van der Waals surface area (Å²) in [7, 11) is 1.57. The molecule has 0 aliphatic carbocycles. The zero-order valence-corrected chi connectivity index (χ0v) is 15.5. The minimum absolute atomic E-state index is 0.201. The number of benzene rings is 2. The first-order valence-corrected chi connectivity index (χ1v) is 8.79. The number of methoxy groups -OCH3 is 1. The Balaban J connectivity index is 1.74. The van der Waals surface area contributed by atoms with E-state index >= 15 is 0 Å². The van der Waals surface area contributed by atoms with E-state index in [2.05, 4.69) is 20.8 Å². The van der Waals surface area contributed by atoms with Gasteiger partial charge in [-0.1, -0.05) is 36.4 Å². The number of ether oxygens (including phenoxy) is 1. The van der Waals surface area contributed by atoms with Crippen LogP contribution in [0.15, 0.2) is 77.4 Å². The van der Waals surface area contributed by atoms with Crippen molar-refractivity contribution in [2.24, 2.45) is 0 Å². The van der Waals surface area contributed by atoms with Crippen molar-refractivity contribution in [3.63, 3.8) is 0 Å². The number of nitrogens with zero attached hydrogens (tertiary/aromatic N) is 4. The molecule has 1 N–H and O–H groups in total. The van der Waals surface area contributed by atoms with E-state index in [1.54, 1.807) is 49.6 Å². The molecular formula is C21H17N5O3. The van der Waals surface area contributed by atoms with Crippen LogP contribution in [-0.2, 0) is 4.79 Å². The maximum absolute atomic E-state index is 13.1. The molecule has 8 heteroatoms. The highest BCUT2D eigenvalue weighted by Gasteiger charge is 2.20. The number of anilines is 1. The molecule has 0 aliphatic rings. The second-order valence-electron chi connectivity index (χ2n) is 6.01. The van der Waals surface area contributed by atoms with Gasteiger partial charge in [-0.15, -0.1) is 5.10 Å². The molecule has 2 heterocycles. The predicted octanol–water partition coefficient (Wildman–Crippen LogP) is 3.58. The van der Waals surface area contributed by atoms with Gasteiger partial charge in [0.2, 0.25) is 0 Å². The number of nitrogens with one attached hydrogen (secondary N) is 1. The molecule has 4 rings (SSSR count). The van der Waals surface area contributed by atoms with Gasteiger partial charge < -0.3 is 14.5 Å². The fourth-order valence-electron chi connectivity index (χ4n) is 2.74. The van der Waals surface area contributed by atoms with Crippen LogP contribution in [-0.4, -0.2) is 33.2 Å². The summed E-state index contributed by atoms with van der Waals surface area (Å²) in [5.41, 5.74) is 1.55. The second kappa shape index (κ2) is 8.22. The summed E-state index contributed by atoms with van der Waals surface area (Å²) < 4.78 is 12.0. The highest BCUT2D eigenvalue weighted by molar-refractivity contribution is 6.24. The number of rotatable bonds is 6. The van der Waals surface area contributed by atoms with Gasteiger partial charge in [0.1, 0.15) is 17.2 Å². The van der Waals surface area contributed by atoms with Gasteiger partial charge in [-0.3, -0.25) is 4.79 Å². The third-order valence-electron chi connectivity index (χ3n) is 4.11. The number of tetrazole rings is 1. The molecule has 0 atom stereocenters. The Bertz CT molecular complexity index is 1130. The van der Waals surface area contributed by atoms with E-state index < -0.39 is 5.91 Å². The van der Waals surface area contributed by atoms with Gasteiger partial charge in [0.25, 0.3) is 5.91 Å². The number of hydrogen-bond acceptors (Lipinski definition) is 6. The van der Waals surface area contributed by atoms with E-state index in [9.17, 15) is 4.79 Å². The molecule has 0 aliphatic heterocycles. The summed E-state index contributed by atoms with van der Waals surface area (Å²) in [5.74, 6) is 1.16. The molecule has 0 bridgehead atoms. The van der Waals surface area contributed by atoms with Gasteiger partial charge >= 0.3 is 0 Å². The fraction of sp³-hybridized carbons (Fsp3) is 0.0476. The van der Waals surface area contributed by atoms with Crippen molar-refractivity contribution >= 4 is 23.4 Å². The fourth-order valence-corrected chi connectivity index (χ4v) is 2.74. The lowest BCUT2D eigenvalue weighted by Crippen LogP contribution is -2.19. The maximum atomic E-state index is 13.1. The highest BCUT2D eigenvalue weighted by atomic mass is 16.5. The Morgan fingerprint density at radius 1 is 1.10 bits per heavy atom. The van der Waals surface area contributed by atoms with Crippen LogP contribution in [0, 0.1) is 0 Å². The van der Waals surface area contributed by atoms with Crippen LogP contribution >= 0.6 is 0 Å².